The van der Waals surface area contributed by atoms with Gasteiger partial charge in [-0.25, -0.2) is 8.42 Å². The lowest BCUT2D eigenvalue weighted by molar-refractivity contribution is -0.141. The zero-order valence-electron chi connectivity index (χ0n) is 20.7. The molecule has 0 fully saturated rings. The summed E-state index contributed by atoms with van der Waals surface area (Å²) in [6, 6.07) is 14.9. The summed E-state index contributed by atoms with van der Waals surface area (Å²) in [6.07, 6.45) is 1.42. The number of nitrogens with one attached hydrogen (secondary N) is 1. The number of carbonyl (C=O) groups is 2. The average Bonchev–Trinajstić information content (AvgIpc) is 2.75. The number of amides is 2. The van der Waals surface area contributed by atoms with Gasteiger partial charge in [0.1, 0.15) is 18.3 Å². The minimum atomic E-state index is -3.75. The van der Waals surface area contributed by atoms with E-state index in [2.05, 4.69) is 5.32 Å². The fraction of sp³-hybridized carbons (Fsp3) is 0.440. The number of hydrogen-bond donors (Lipinski definition) is 1. The Labute approximate surface area is 202 Å². The van der Waals surface area contributed by atoms with E-state index in [1.165, 1.54) is 4.90 Å². The van der Waals surface area contributed by atoms with Crippen LogP contribution in [-0.2, 0) is 26.2 Å². The predicted octanol–water partition coefficient (Wildman–Crippen LogP) is 3.18. The number of carbonyl (C=O) groups excluding carboxylic acids is 2. The molecule has 186 valence electrons. The van der Waals surface area contributed by atoms with E-state index in [0.717, 1.165) is 16.1 Å². The van der Waals surface area contributed by atoms with Gasteiger partial charge in [-0.15, -0.1) is 0 Å². The predicted molar refractivity (Wildman–Crippen MR) is 134 cm³/mol. The maximum absolute atomic E-state index is 13.6. The first-order valence-corrected chi connectivity index (χ1v) is 13.0. The maximum Gasteiger partial charge on any atom is 0.244 e. The van der Waals surface area contributed by atoms with Gasteiger partial charge in [0.05, 0.1) is 19.1 Å². The van der Waals surface area contributed by atoms with Crippen molar-refractivity contribution in [1.82, 2.24) is 10.2 Å². The maximum atomic E-state index is 13.6. The Balaban J connectivity index is 2.45. The highest BCUT2D eigenvalue weighted by atomic mass is 32.2. The van der Waals surface area contributed by atoms with Gasteiger partial charge >= 0.3 is 0 Å². The second kappa shape index (κ2) is 11.4. The Kier molecular flexibility index (Phi) is 9.09. The first kappa shape index (κ1) is 27.2. The van der Waals surface area contributed by atoms with E-state index < -0.39 is 34.1 Å². The molecule has 9 heteroatoms. The van der Waals surface area contributed by atoms with E-state index in [0.29, 0.717) is 17.9 Å². The van der Waals surface area contributed by atoms with Crippen molar-refractivity contribution >= 4 is 27.5 Å². The van der Waals surface area contributed by atoms with Crippen LogP contribution in [0.5, 0.6) is 5.75 Å². The average molecular weight is 490 g/mol. The van der Waals surface area contributed by atoms with Crippen molar-refractivity contribution in [2.24, 2.45) is 0 Å². The van der Waals surface area contributed by atoms with Crippen LogP contribution in [0, 0.1) is 0 Å². The second-order valence-corrected chi connectivity index (χ2v) is 11.0. The van der Waals surface area contributed by atoms with Crippen LogP contribution in [0.15, 0.2) is 54.6 Å². The van der Waals surface area contributed by atoms with Gasteiger partial charge in [-0.3, -0.25) is 13.9 Å². The van der Waals surface area contributed by atoms with E-state index in [-0.39, 0.29) is 12.5 Å². The van der Waals surface area contributed by atoms with Gasteiger partial charge < -0.3 is 15.0 Å². The summed E-state index contributed by atoms with van der Waals surface area (Å²) in [6.45, 7) is 7.13. The second-order valence-electron chi connectivity index (χ2n) is 9.14. The topological polar surface area (TPSA) is 96.0 Å². The van der Waals surface area contributed by atoms with Gasteiger partial charge in [-0.1, -0.05) is 37.3 Å². The molecular formula is C25H35N3O5S. The zero-order chi connectivity index (χ0) is 25.5. The monoisotopic (exact) mass is 489 g/mol. The third kappa shape index (κ3) is 7.76. The van der Waals surface area contributed by atoms with Crippen LogP contribution >= 0.6 is 0 Å². The summed E-state index contributed by atoms with van der Waals surface area (Å²) in [5.74, 6) is -0.149. The molecule has 0 saturated carbocycles. The highest BCUT2D eigenvalue weighted by Crippen LogP contribution is 2.21. The van der Waals surface area contributed by atoms with E-state index in [1.54, 1.807) is 55.6 Å². The summed E-state index contributed by atoms with van der Waals surface area (Å²) in [5, 5.41) is 2.94. The van der Waals surface area contributed by atoms with Crippen LogP contribution in [0.2, 0.25) is 0 Å². The number of ether oxygens (including phenoxy) is 1. The molecule has 0 bridgehead atoms. The van der Waals surface area contributed by atoms with Crippen LogP contribution in [0.3, 0.4) is 0 Å². The van der Waals surface area contributed by atoms with Gasteiger partial charge in [-0.2, -0.15) is 0 Å². The molecule has 0 saturated heterocycles. The molecule has 0 aromatic heterocycles. The van der Waals surface area contributed by atoms with Crippen LogP contribution < -0.4 is 14.4 Å². The molecule has 8 nitrogen and oxygen atoms in total. The molecule has 0 spiro atoms. The zero-order valence-corrected chi connectivity index (χ0v) is 21.6. The minimum Gasteiger partial charge on any atom is -0.497 e. The van der Waals surface area contributed by atoms with E-state index in [9.17, 15) is 18.0 Å². The quantitative estimate of drug-likeness (QED) is 0.553. The number of benzene rings is 2. The molecule has 2 amide bonds. The molecule has 1 atom stereocenters. The first-order valence-electron chi connectivity index (χ1n) is 11.1. The highest BCUT2D eigenvalue weighted by molar-refractivity contribution is 7.92. The Morgan fingerprint density at radius 3 is 2.24 bits per heavy atom. The van der Waals surface area contributed by atoms with Gasteiger partial charge in [0.25, 0.3) is 0 Å². The summed E-state index contributed by atoms with van der Waals surface area (Å²) in [4.78, 5) is 28.2. The Bertz CT molecular complexity index is 1080. The molecule has 0 heterocycles. The molecule has 0 radical (unpaired) electrons. The largest absolute Gasteiger partial charge is 0.497 e. The Morgan fingerprint density at radius 1 is 1.06 bits per heavy atom. The molecule has 2 aromatic rings. The number of anilines is 1. The first-order chi connectivity index (χ1) is 15.9. The fourth-order valence-corrected chi connectivity index (χ4v) is 4.40. The number of methoxy groups -OCH3 is 1. The SMILES string of the molecule is CCC(C(=O)NC(C)(C)C)N(Cc1cccc(OC)c1)C(=O)CN(c1ccccc1)S(C)(=O)=O. The van der Waals surface area contributed by atoms with Crippen LogP contribution in [0.25, 0.3) is 0 Å². The van der Waals surface area contributed by atoms with Crippen molar-refractivity contribution in [2.45, 2.75) is 52.2 Å². The molecule has 1 unspecified atom stereocenters. The van der Waals surface area contributed by atoms with E-state index >= 15 is 0 Å². The number of sulfonamides is 1. The highest BCUT2D eigenvalue weighted by Gasteiger charge is 2.33. The molecule has 34 heavy (non-hydrogen) atoms. The van der Waals surface area contributed by atoms with Gasteiger partial charge in [0, 0.05) is 12.1 Å². The molecule has 2 aromatic carbocycles. The Morgan fingerprint density at radius 2 is 1.71 bits per heavy atom. The lowest BCUT2D eigenvalue weighted by Gasteiger charge is -2.34. The van der Waals surface area contributed by atoms with Crippen LogP contribution in [-0.4, -0.2) is 56.6 Å². The molecule has 1 N–H and O–H groups in total. The number of para-hydroxylation sites is 1. The number of rotatable bonds is 10. The molecule has 0 aliphatic heterocycles. The van der Waals surface area contributed by atoms with E-state index in [1.807, 2.05) is 33.8 Å². The lowest BCUT2D eigenvalue weighted by atomic mass is 10.1. The van der Waals surface area contributed by atoms with Crippen molar-refractivity contribution in [3.8, 4) is 5.75 Å². The molecule has 0 aliphatic rings. The van der Waals surface area contributed by atoms with Crippen molar-refractivity contribution in [1.29, 1.82) is 0 Å². The summed E-state index contributed by atoms with van der Waals surface area (Å²) in [5.41, 5.74) is 0.657. The van der Waals surface area contributed by atoms with Gasteiger partial charge in [0.15, 0.2) is 0 Å². The molecule has 2 rings (SSSR count). The van der Waals surface area contributed by atoms with Crippen molar-refractivity contribution < 1.29 is 22.7 Å². The van der Waals surface area contributed by atoms with Crippen LogP contribution in [0.1, 0.15) is 39.7 Å². The number of hydrogen-bond acceptors (Lipinski definition) is 5. The van der Waals surface area contributed by atoms with Crippen molar-refractivity contribution in [2.75, 3.05) is 24.2 Å². The van der Waals surface area contributed by atoms with Crippen molar-refractivity contribution in [3.05, 3.63) is 60.2 Å². The van der Waals surface area contributed by atoms with Crippen LogP contribution in [0.4, 0.5) is 5.69 Å². The number of nitrogens with zero attached hydrogens (tertiary/aromatic N) is 2. The van der Waals surface area contributed by atoms with Crippen molar-refractivity contribution in [3.63, 3.8) is 0 Å². The summed E-state index contributed by atoms with van der Waals surface area (Å²) < 4.78 is 31.5. The minimum absolute atomic E-state index is 0.124. The lowest BCUT2D eigenvalue weighted by Crippen LogP contribution is -2.55. The standard InChI is InChI=1S/C25H35N3O5S/c1-7-22(24(30)26-25(2,3)4)27(17-19-12-11-15-21(16-19)33-5)23(29)18-28(34(6,31)32)20-13-9-8-10-14-20/h8-16,22H,7,17-18H2,1-6H3,(H,26,30). The fourth-order valence-electron chi connectivity index (χ4n) is 3.55. The van der Waals surface area contributed by atoms with Gasteiger partial charge in [0.2, 0.25) is 21.8 Å². The third-order valence-corrected chi connectivity index (χ3v) is 6.24. The van der Waals surface area contributed by atoms with Gasteiger partial charge in [-0.05, 0) is 57.0 Å². The smallest absolute Gasteiger partial charge is 0.244 e. The van der Waals surface area contributed by atoms with E-state index in [4.69, 9.17) is 4.74 Å². The molecular weight excluding hydrogens is 454 g/mol. The summed E-state index contributed by atoms with van der Waals surface area (Å²) in [7, 11) is -2.19. The normalized spacial score (nSPS) is 12.5. The Hall–Kier alpha value is -3.07. The third-order valence-electron chi connectivity index (χ3n) is 5.09. The summed E-state index contributed by atoms with van der Waals surface area (Å²) >= 11 is 0. The molecule has 0 aliphatic carbocycles.